The van der Waals surface area contributed by atoms with Gasteiger partial charge < -0.3 is 20.5 Å². The van der Waals surface area contributed by atoms with Crippen LogP contribution in [0.25, 0.3) is 0 Å². The lowest BCUT2D eigenvalue weighted by Crippen LogP contribution is -2.42. The summed E-state index contributed by atoms with van der Waals surface area (Å²) >= 11 is 5.92. The minimum Gasteiger partial charge on any atom is -0.479 e. The highest BCUT2D eigenvalue weighted by atomic mass is 35.5. The Labute approximate surface area is 115 Å². The van der Waals surface area contributed by atoms with Crippen molar-refractivity contribution in [1.82, 2.24) is 10.6 Å². The lowest BCUT2D eigenvalue weighted by atomic mass is 10.1. The second-order valence-electron chi connectivity index (χ2n) is 3.69. The fourth-order valence-electron chi connectivity index (χ4n) is 1.43. The van der Waals surface area contributed by atoms with Crippen LogP contribution >= 0.6 is 11.6 Å². The second kappa shape index (κ2) is 7.60. The SMILES string of the molecule is COCCNC(=O)N[C@@H](C(=O)O)c1ccccc1Cl. The number of hydrogen-bond donors (Lipinski definition) is 3. The predicted octanol–water partition coefficient (Wildman–Crippen LogP) is 1.41. The number of carboxylic acid groups (broad SMARTS) is 1. The molecule has 1 aromatic rings. The summed E-state index contributed by atoms with van der Waals surface area (Å²) < 4.78 is 4.77. The van der Waals surface area contributed by atoms with E-state index in [9.17, 15) is 9.59 Å². The zero-order valence-electron chi connectivity index (χ0n) is 10.4. The van der Waals surface area contributed by atoms with Gasteiger partial charge in [-0.25, -0.2) is 9.59 Å². The van der Waals surface area contributed by atoms with Crippen LogP contribution in [0.3, 0.4) is 0 Å². The van der Waals surface area contributed by atoms with Crippen LogP contribution < -0.4 is 10.6 Å². The predicted molar refractivity (Wildman–Crippen MR) is 70.2 cm³/mol. The summed E-state index contributed by atoms with van der Waals surface area (Å²) in [4.78, 5) is 22.7. The van der Waals surface area contributed by atoms with E-state index in [0.717, 1.165) is 0 Å². The average molecular weight is 287 g/mol. The van der Waals surface area contributed by atoms with Crippen LogP contribution in [-0.2, 0) is 9.53 Å². The van der Waals surface area contributed by atoms with E-state index in [0.29, 0.717) is 12.2 Å². The zero-order valence-corrected chi connectivity index (χ0v) is 11.1. The number of aliphatic carboxylic acids is 1. The first-order valence-electron chi connectivity index (χ1n) is 5.56. The molecule has 104 valence electrons. The van der Waals surface area contributed by atoms with Crippen LogP contribution in [0.2, 0.25) is 5.02 Å². The monoisotopic (exact) mass is 286 g/mol. The summed E-state index contributed by atoms with van der Waals surface area (Å²) in [5.74, 6) is -1.19. The Morgan fingerprint density at radius 3 is 2.68 bits per heavy atom. The number of urea groups is 1. The number of amides is 2. The highest BCUT2D eigenvalue weighted by Crippen LogP contribution is 2.22. The molecule has 0 spiro atoms. The normalized spacial score (nSPS) is 11.7. The first-order chi connectivity index (χ1) is 9.06. The Hall–Kier alpha value is -1.79. The van der Waals surface area contributed by atoms with Crippen LogP contribution in [0.5, 0.6) is 0 Å². The number of nitrogens with one attached hydrogen (secondary N) is 2. The molecule has 7 heteroatoms. The molecule has 0 aliphatic carbocycles. The fourth-order valence-corrected chi connectivity index (χ4v) is 1.68. The van der Waals surface area contributed by atoms with Gasteiger partial charge in [-0.1, -0.05) is 29.8 Å². The van der Waals surface area contributed by atoms with Gasteiger partial charge in [0.25, 0.3) is 0 Å². The summed E-state index contributed by atoms with van der Waals surface area (Å²) in [5.41, 5.74) is 0.332. The molecule has 3 N–H and O–H groups in total. The molecule has 1 rings (SSSR count). The Morgan fingerprint density at radius 2 is 2.11 bits per heavy atom. The maximum absolute atomic E-state index is 11.5. The van der Waals surface area contributed by atoms with Crippen LogP contribution in [0, 0.1) is 0 Å². The van der Waals surface area contributed by atoms with Gasteiger partial charge in [-0.3, -0.25) is 0 Å². The van der Waals surface area contributed by atoms with Crippen molar-refractivity contribution in [2.45, 2.75) is 6.04 Å². The molecule has 0 heterocycles. The number of halogens is 1. The van der Waals surface area contributed by atoms with E-state index in [1.165, 1.54) is 7.11 Å². The van der Waals surface area contributed by atoms with Crippen molar-refractivity contribution in [3.05, 3.63) is 34.9 Å². The summed E-state index contributed by atoms with van der Waals surface area (Å²) in [6.45, 7) is 0.633. The van der Waals surface area contributed by atoms with Gasteiger partial charge in [0, 0.05) is 24.2 Å². The van der Waals surface area contributed by atoms with Gasteiger partial charge in [-0.2, -0.15) is 0 Å². The van der Waals surface area contributed by atoms with Crippen molar-refractivity contribution in [2.75, 3.05) is 20.3 Å². The quantitative estimate of drug-likeness (QED) is 0.690. The first kappa shape index (κ1) is 15.3. The molecular formula is C12H15ClN2O4. The molecule has 0 radical (unpaired) electrons. The second-order valence-corrected chi connectivity index (χ2v) is 4.09. The number of hydrogen-bond acceptors (Lipinski definition) is 3. The first-order valence-corrected chi connectivity index (χ1v) is 5.94. The maximum atomic E-state index is 11.5. The van der Waals surface area contributed by atoms with E-state index in [-0.39, 0.29) is 11.6 Å². The number of benzene rings is 1. The molecule has 0 unspecified atom stereocenters. The Kier molecular flexibility index (Phi) is 6.11. The number of carboxylic acids is 1. The fraction of sp³-hybridized carbons (Fsp3) is 0.333. The standard InChI is InChI=1S/C12H15ClN2O4/c1-19-7-6-14-12(18)15-10(11(16)17)8-4-2-3-5-9(8)13/h2-5,10H,6-7H2,1H3,(H,16,17)(H2,14,15,18)/t10-/m1/s1. The average Bonchev–Trinajstić information content (AvgIpc) is 2.37. The van der Waals surface area contributed by atoms with E-state index >= 15 is 0 Å². The van der Waals surface area contributed by atoms with E-state index < -0.39 is 18.0 Å². The molecule has 1 atom stereocenters. The number of ether oxygens (including phenoxy) is 1. The maximum Gasteiger partial charge on any atom is 0.331 e. The van der Waals surface area contributed by atoms with Gasteiger partial charge in [0.2, 0.25) is 0 Å². The molecule has 2 amide bonds. The molecule has 6 nitrogen and oxygen atoms in total. The minimum absolute atomic E-state index is 0.284. The Balaban J connectivity index is 2.72. The van der Waals surface area contributed by atoms with Crippen molar-refractivity contribution in [3.8, 4) is 0 Å². The highest BCUT2D eigenvalue weighted by Gasteiger charge is 2.23. The number of carbonyl (C=O) groups is 2. The van der Waals surface area contributed by atoms with Gasteiger partial charge in [-0.05, 0) is 6.07 Å². The van der Waals surface area contributed by atoms with Crippen molar-refractivity contribution in [2.24, 2.45) is 0 Å². The zero-order chi connectivity index (χ0) is 14.3. The van der Waals surface area contributed by atoms with E-state index in [1.54, 1.807) is 24.3 Å². The van der Waals surface area contributed by atoms with Gasteiger partial charge >= 0.3 is 12.0 Å². The summed E-state index contributed by atoms with van der Waals surface area (Å²) in [6, 6.07) is 4.67. The molecule has 0 aliphatic rings. The highest BCUT2D eigenvalue weighted by molar-refractivity contribution is 6.31. The van der Waals surface area contributed by atoms with Crippen molar-refractivity contribution in [3.63, 3.8) is 0 Å². The van der Waals surface area contributed by atoms with Crippen molar-refractivity contribution >= 4 is 23.6 Å². The number of methoxy groups -OCH3 is 1. The van der Waals surface area contributed by atoms with Crippen LogP contribution in [-0.4, -0.2) is 37.4 Å². The summed E-state index contributed by atoms with van der Waals surface area (Å²) in [6.07, 6.45) is 0. The van der Waals surface area contributed by atoms with E-state index in [4.69, 9.17) is 21.4 Å². The molecular weight excluding hydrogens is 272 g/mol. The molecule has 0 saturated heterocycles. The minimum atomic E-state index is -1.20. The Bertz CT molecular complexity index is 453. The van der Waals surface area contributed by atoms with Crippen LogP contribution in [0.4, 0.5) is 4.79 Å². The Morgan fingerprint density at radius 1 is 1.42 bits per heavy atom. The van der Waals surface area contributed by atoms with Crippen molar-refractivity contribution in [1.29, 1.82) is 0 Å². The van der Waals surface area contributed by atoms with Gasteiger partial charge in [-0.15, -0.1) is 0 Å². The third kappa shape index (κ3) is 4.76. The molecule has 0 aliphatic heterocycles. The number of rotatable bonds is 6. The van der Waals surface area contributed by atoms with Gasteiger partial charge in [0.15, 0.2) is 6.04 Å². The molecule has 19 heavy (non-hydrogen) atoms. The smallest absolute Gasteiger partial charge is 0.331 e. The topological polar surface area (TPSA) is 87.7 Å². The summed E-state index contributed by atoms with van der Waals surface area (Å²) in [7, 11) is 1.50. The van der Waals surface area contributed by atoms with Crippen molar-refractivity contribution < 1.29 is 19.4 Å². The molecule has 0 aromatic heterocycles. The molecule has 0 bridgehead atoms. The lowest BCUT2D eigenvalue weighted by Gasteiger charge is -2.16. The van der Waals surface area contributed by atoms with Crippen LogP contribution in [0.15, 0.2) is 24.3 Å². The van der Waals surface area contributed by atoms with E-state index in [2.05, 4.69) is 10.6 Å². The van der Waals surface area contributed by atoms with Crippen LogP contribution in [0.1, 0.15) is 11.6 Å². The number of carbonyl (C=O) groups excluding carboxylic acids is 1. The molecule has 0 fully saturated rings. The van der Waals surface area contributed by atoms with E-state index in [1.807, 2.05) is 0 Å². The van der Waals surface area contributed by atoms with Gasteiger partial charge in [0.1, 0.15) is 0 Å². The van der Waals surface area contributed by atoms with Gasteiger partial charge in [0.05, 0.1) is 6.61 Å². The third-order valence-corrected chi connectivity index (χ3v) is 2.67. The molecule has 0 saturated carbocycles. The molecule has 1 aromatic carbocycles. The lowest BCUT2D eigenvalue weighted by molar-refractivity contribution is -0.139. The third-order valence-electron chi connectivity index (χ3n) is 2.33. The summed E-state index contributed by atoms with van der Waals surface area (Å²) in [5, 5.41) is 14.2. The largest absolute Gasteiger partial charge is 0.479 e.